The topological polar surface area (TPSA) is 161 Å². The Kier molecular flexibility index (Phi) is 29.2. The van der Waals surface area contributed by atoms with Crippen LogP contribution in [0.1, 0.15) is 78.1 Å². The Hall–Kier alpha value is -1.11. The number of carbonyl (C=O) groups excluding carboxylic acids is 4. The zero-order chi connectivity index (χ0) is 21.9. The van der Waals surface area contributed by atoms with Crippen LogP contribution in [0, 0.1) is 0 Å². The van der Waals surface area contributed by atoms with E-state index in [-0.39, 0.29) is 70.1 Å². The van der Waals surface area contributed by atoms with Gasteiger partial charge in [-0.1, -0.05) is 52.4 Å². The predicted molar refractivity (Wildman–Crippen MR) is 105 cm³/mol. The molecule has 0 aromatic heterocycles. The van der Waals surface area contributed by atoms with Crippen LogP contribution in [-0.2, 0) is 19.2 Å². The molecule has 8 nitrogen and oxygen atoms in total. The number of unbranched alkanes of at least 4 members (excludes halogenated alkanes) is 6. The molecular formula is C20H28Mg2O8. The third-order valence-corrected chi connectivity index (χ3v) is 3.71. The number of carboxylic acid groups (broad SMARTS) is 4. The van der Waals surface area contributed by atoms with Crippen LogP contribution >= 0.6 is 0 Å². The molecule has 0 N–H and O–H groups in total. The van der Waals surface area contributed by atoms with E-state index >= 15 is 0 Å². The molecular weight excluding hydrogens is 417 g/mol. The van der Waals surface area contributed by atoms with Crippen LogP contribution in [0.5, 0.6) is 0 Å². The van der Waals surface area contributed by atoms with Crippen LogP contribution in [0.25, 0.3) is 0 Å². The van der Waals surface area contributed by atoms with Crippen molar-refractivity contribution in [3.63, 3.8) is 0 Å². The zero-order valence-electron chi connectivity index (χ0n) is 17.9. The molecule has 0 heterocycles. The maximum atomic E-state index is 10.4. The van der Waals surface area contributed by atoms with Gasteiger partial charge in [0.1, 0.15) is 0 Å². The van der Waals surface area contributed by atoms with E-state index in [9.17, 15) is 39.6 Å². The van der Waals surface area contributed by atoms with Crippen molar-refractivity contribution in [3.05, 3.63) is 23.3 Å². The van der Waals surface area contributed by atoms with Crippen LogP contribution in [0.15, 0.2) is 23.3 Å². The standard InChI is InChI=1S/2C10H16O4.2Mg/c2*1-2-3-4-5-6-8(10(13)14)7-9(11)12;;/h2*7H,2-6H2,1H3,(H,11,12)(H,13,14);;/q;;2*+2/p-4/b2*8-7-;;. The summed E-state index contributed by atoms with van der Waals surface area (Å²) in [5.41, 5.74) is -0.387. The number of hydrogen-bond donors (Lipinski definition) is 0. The Labute approximate surface area is 210 Å². The van der Waals surface area contributed by atoms with Crippen molar-refractivity contribution in [1.82, 2.24) is 0 Å². The van der Waals surface area contributed by atoms with E-state index in [2.05, 4.69) is 0 Å². The van der Waals surface area contributed by atoms with Gasteiger partial charge in [-0.05, 0) is 49.0 Å². The van der Waals surface area contributed by atoms with Gasteiger partial charge in [0.2, 0.25) is 0 Å². The second-order valence-electron chi connectivity index (χ2n) is 6.17. The molecule has 0 aliphatic heterocycles. The van der Waals surface area contributed by atoms with E-state index in [1.807, 2.05) is 13.8 Å². The SMILES string of the molecule is CCCCCC/C(=C/C(=O)[O-])C(=O)[O-].CCCCCC/C(=C/C(=O)[O-])C(=O)[O-].[Mg+2].[Mg+2]. The Morgan fingerprint density at radius 1 is 0.567 bits per heavy atom. The van der Waals surface area contributed by atoms with E-state index < -0.39 is 23.9 Å². The molecule has 0 bridgehead atoms. The smallest absolute Gasteiger partial charge is 0.545 e. The van der Waals surface area contributed by atoms with Crippen LogP contribution in [0.3, 0.4) is 0 Å². The van der Waals surface area contributed by atoms with E-state index in [0.29, 0.717) is 25.0 Å². The number of aliphatic carboxylic acids is 4. The molecule has 30 heavy (non-hydrogen) atoms. The molecule has 160 valence electrons. The monoisotopic (exact) mass is 444 g/mol. The molecule has 0 aliphatic carbocycles. The Morgan fingerprint density at radius 2 is 0.867 bits per heavy atom. The van der Waals surface area contributed by atoms with Gasteiger partial charge in [0, 0.05) is 0 Å². The summed E-state index contributed by atoms with van der Waals surface area (Å²) in [6, 6.07) is 0. The van der Waals surface area contributed by atoms with E-state index in [4.69, 9.17) is 0 Å². The average molecular weight is 445 g/mol. The molecule has 0 radical (unpaired) electrons. The number of carbonyl (C=O) groups is 4. The molecule has 10 heteroatoms. The molecule has 0 amide bonds. The fraction of sp³-hybridized carbons (Fsp3) is 0.600. The average Bonchev–Trinajstić information content (AvgIpc) is 2.60. The number of carboxylic acids is 4. The first-order valence-corrected chi connectivity index (χ1v) is 9.41. The van der Waals surface area contributed by atoms with Crippen molar-refractivity contribution in [2.75, 3.05) is 0 Å². The normalized spacial score (nSPS) is 10.6. The molecule has 0 aromatic rings. The minimum absolute atomic E-state index is 0. The molecule has 0 unspecified atom stereocenters. The van der Waals surface area contributed by atoms with Crippen molar-refractivity contribution < 1.29 is 39.6 Å². The maximum absolute atomic E-state index is 10.4. The van der Waals surface area contributed by atoms with Crippen LogP contribution in [-0.4, -0.2) is 70.0 Å². The van der Waals surface area contributed by atoms with Crippen molar-refractivity contribution in [3.8, 4) is 0 Å². The molecule has 0 spiro atoms. The van der Waals surface area contributed by atoms with Gasteiger partial charge in [-0.3, -0.25) is 0 Å². The maximum Gasteiger partial charge on any atom is 2.00 e. The summed E-state index contributed by atoms with van der Waals surface area (Å²) in [6.07, 6.45) is 8.92. The third kappa shape index (κ3) is 24.9. The molecule has 0 saturated carbocycles. The van der Waals surface area contributed by atoms with Crippen LogP contribution in [0.2, 0.25) is 0 Å². The van der Waals surface area contributed by atoms with Gasteiger partial charge < -0.3 is 39.6 Å². The van der Waals surface area contributed by atoms with Crippen molar-refractivity contribution in [2.45, 2.75) is 78.1 Å². The summed E-state index contributed by atoms with van der Waals surface area (Å²) in [6.45, 7) is 4.08. The van der Waals surface area contributed by atoms with Crippen molar-refractivity contribution >= 4 is 70.0 Å². The van der Waals surface area contributed by atoms with Gasteiger partial charge in [-0.15, -0.1) is 0 Å². The van der Waals surface area contributed by atoms with Crippen LogP contribution in [0.4, 0.5) is 0 Å². The first kappa shape index (κ1) is 36.3. The van der Waals surface area contributed by atoms with E-state index in [0.717, 1.165) is 38.5 Å². The molecule has 0 atom stereocenters. The van der Waals surface area contributed by atoms with Crippen molar-refractivity contribution in [2.24, 2.45) is 0 Å². The summed E-state index contributed by atoms with van der Waals surface area (Å²) in [4.78, 5) is 41.1. The summed E-state index contributed by atoms with van der Waals surface area (Å²) in [5, 5.41) is 41.1. The Balaban J connectivity index is -0.000000211. The minimum atomic E-state index is -1.49. The summed E-state index contributed by atoms with van der Waals surface area (Å²) in [7, 11) is 0. The van der Waals surface area contributed by atoms with Crippen molar-refractivity contribution in [1.29, 1.82) is 0 Å². The second-order valence-corrected chi connectivity index (χ2v) is 6.17. The predicted octanol–water partition coefficient (Wildman–Crippen LogP) is -2.00. The van der Waals surface area contributed by atoms with Gasteiger partial charge in [0.25, 0.3) is 0 Å². The third-order valence-electron chi connectivity index (χ3n) is 3.71. The Bertz CT molecular complexity index is 521. The molecule has 0 aromatic carbocycles. The first-order chi connectivity index (χ1) is 13.1. The zero-order valence-corrected chi connectivity index (χ0v) is 20.7. The van der Waals surface area contributed by atoms with E-state index in [1.54, 1.807) is 0 Å². The summed E-state index contributed by atoms with van der Waals surface area (Å²) < 4.78 is 0. The molecule has 0 aliphatic rings. The Morgan fingerprint density at radius 3 is 1.07 bits per heavy atom. The van der Waals surface area contributed by atoms with E-state index in [1.165, 1.54) is 0 Å². The molecule has 0 rings (SSSR count). The number of rotatable bonds is 14. The molecule has 0 fully saturated rings. The summed E-state index contributed by atoms with van der Waals surface area (Å²) >= 11 is 0. The largest absolute Gasteiger partial charge is 2.00 e. The summed E-state index contributed by atoms with van der Waals surface area (Å²) in [5.74, 6) is -5.82. The van der Waals surface area contributed by atoms with Crippen LogP contribution < -0.4 is 20.4 Å². The van der Waals surface area contributed by atoms with Gasteiger partial charge in [0.05, 0.1) is 23.9 Å². The number of hydrogen-bond acceptors (Lipinski definition) is 8. The van der Waals surface area contributed by atoms with Gasteiger partial charge in [-0.2, -0.15) is 0 Å². The van der Waals surface area contributed by atoms with Gasteiger partial charge >= 0.3 is 46.1 Å². The quantitative estimate of drug-likeness (QED) is 0.169. The van der Waals surface area contributed by atoms with Gasteiger partial charge in [0.15, 0.2) is 0 Å². The second kappa shape index (κ2) is 24.2. The molecule has 0 saturated heterocycles. The fourth-order valence-electron chi connectivity index (χ4n) is 2.24. The fourth-order valence-corrected chi connectivity index (χ4v) is 2.24. The minimum Gasteiger partial charge on any atom is -0.545 e. The first-order valence-electron chi connectivity index (χ1n) is 9.41. The van der Waals surface area contributed by atoms with Gasteiger partial charge in [-0.25, -0.2) is 0 Å².